The Bertz CT molecular complexity index is 750. The highest BCUT2D eigenvalue weighted by Crippen LogP contribution is 2.34. The molecule has 29 heavy (non-hydrogen) atoms. The average molecular weight is 422 g/mol. The summed E-state index contributed by atoms with van der Waals surface area (Å²) in [4.78, 5) is 37.6. The first-order valence-corrected chi connectivity index (χ1v) is 13.6. The van der Waals surface area contributed by atoms with Crippen LogP contribution in [0.3, 0.4) is 0 Å². The van der Waals surface area contributed by atoms with Crippen LogP contribution in [0, 0.1) is 0 Å². The third kappa shape index (κ3) is 6.06. The van der Waals surface area contributed by atoms with E-state index in [4.69, 9.17) is 14.2 Å². The first-order chi connectivity index (χ1) is 13.7. The number of nitrogens with zero attached hydrogens (tertiary/aromatic N) is 1. The molecule has 1 heterocycles. The normalized spacial score (nSPS) is 15.0. The molecule has 0 bridgehead atoms. The van der Waals surface area contributed by atoms with Crippen molar-refractivity contribution in [2.75, 3.05) is 33.9 Å². The molecule has 1 aromatic rings. The summed E-state index contributed by atoms with van der Waals surface area (Å²) in [6.45, 7) is 8.41. The molecule has 0 aromatic heterocycles. The van der Waals surface area contributed by atoms with E-state index in [1.165, 1.54) is 14.2 Å². The molecule has 7 nitrogen and oxygen atoms in total. The van der Waals surface area contributed by atoms with Crippen molar-refractivity contribution in [2.24, 2.45) is 0 Å². The molecule has 1 aliphatic heterocycles. The fraction of sp³-hybridized carbons (Fsp3) is 0.571. The number of likely N-dealkylation sites (tertiary alicyclic amines) is 1. The Morgan fingerprint density at radius 1 is 1.17 bits per heavy atom. The van der Waals surface area contributed by atoms with Gasteiger partial charge in [-0.2, -0.15) is 0 Å². The van der Waals surface area contributed by atoms with Crippen molar-refractivity contribution in [3.63, 3.8) is 0 Å². The van der Waals surface area contributed by atoms with E-state index in [0.717, 1.165) is 24.4 Å². The van der Waals surface area contributed by atoms with E-state index in [2.05, 4.69) is 19.6 Å². The molecule has 0 atom stereocenters. The van der Waals surface area contributed by atoms with Crippen molar-refractivity contribution in [1.29, 1.82) is 0 Å². The zero-order valence-corrected chi connectivity index (χ0v) is 18.9. The lowest BCUT2D eigenvalue weighted by molar-refractivity contribution is 0.0594. The van der Waals surface area contributed by atoms with Gasteiger partial charge >= 0.3 is 12.1 Å². The van der Waals surface area contributed by atoms with Gasteiger partial charge in [0.15, 0.2) is 6.29 Å². The van der Waals surface area contributed by atoms with Crippen LogP contribution in [0.1, 0.15) is 45.0 Å². The van der Waals surface area contributed by atoms with Crippen LogP contribution in [0.4, 0.5) is 4.79 Å². The van der Waals surface area contributed by atoms with E-state index in [1.54, 1.807) is 17.0 Å². The molecule has 0 aliphatic carbocycles. The van der Waals surface area contributed by atoms with E-state index in [-0.39, 0.29) is 23.1 Å². The Kier molecular flexibility index (Phi) is 7.84. The second-order valence-electron chi connectivity index (χ2n) is 8.48. The van der Waals surface area contributed by atoms with Gasteiger partial charge in [0.05, 0.1) is 20.8 Å². The highest BCUT2D eigenvalue weighted by atomic mass is 28.3. The smallest absolute Gasteiger partial charge is 0.409 e. The van der Waals surface area contributed by atoms with Crippen molar-refractivity contribution < 1.29 is 28.6 Å². The molecular formula is C21H31NO6Si. The second-order valence-corrected chi connectivity index (χ2v) is 14.1. The number of carbonyl (C=O) groups is 3. The molecule has 2 rings (SSSR count). The molecular weight excluding hydrogens is 390 g/mol. The Hall–Kier alpha value is -2.35. The summed E-state index contributed by atoms with van der Waals surface area (Å²) in [5.74, 6) is -0.114. The number of benzene rings is 1. The van der Waals surface area contributed by atoms with Gasteiger partial charge in [0.25, 0.3) is 0 Å². The minimum atomic E-state index is -1.23. The van der Waals surface area contributed by atoms with E-state index < -0.39 is 14.0 Å². The first kappa shape index (κ1) is 22.9. The summed E-state index contributed by atoms with van der Waals surface area (Å²) in [6.07, 6.45) is 1.89. The number of esters is 1. The lowest BCUT2D eigenvalue weighted by Gasteiger charge is -2.32. The third-order valence-electron chi connectivity index (χ3n) is 5.19. The number of hydrogen-bond acceptors (Lipinski definition) is 6. The Morgan fingerprint density at radius 3 is 2.34 bits per heavy atom. The molecule has 1 amide bonds. The highest BCUT2D eigenvalue weighted by Gasteiger charge is 2.27. The number of carbonyl (C=O) groups excluding carboxylic acids is 3. The van der Waals surface area contributed by atoms with Gasteiger partial charge in [0, 0.05) is 26.7 Å². The van der Waals surface area contributed by atoms with Gasteiger partial charge < -0.3 is 19.1 Å². The Morgan fingerprint density at radius 2 is 1.83 bits per heavy atom. The maximum atomic E-state index is 12.3. The summed E-state index contributed by atoms with van der Waals surface area (Å²) in [5, 5.41) is 0. The van der Waals surface area contributed by atoms with Crippen molar-refractivity contribution >= 4 is 26.4 Å². The van der Waals surface area contributed by atoms with Crippen LogP contribution in [0.25, 0.3) is 0 Å². The lowest BCUT2D eigenvalue weighted by atomic mass is 9.87. The third-order valence-corrected chi connectivity index (χ3v) is 6.90. The molecule has 0 N–H and O–H groups in total. The molecule has 160 valence electrons. The van der Waals surface area contributed by atoms with Crippen LogP contribution in [-0.2, 0) is 9.47 Å². The Labute approximate surface area is 173 Å². The number of rotatable bonds is 7. The molecule has 1 aliphatic rings. The SMILES string of the molecule is COC(=O)c1c(C=O)cc(C2CCN(C(=O)OCC[Si](C)(C)C)CC2)cc1OC. The predicted molar refractivity (Wildman–Crippen MR) is 113 cm³/mol. The number of amides is 1. The second kappa shape index (κ2) is 9.91. The van der Waals surface area contributed by atoms with Crippen molar-refractivity contribution in [2.45, 2.75) is 44.4 Å². The number of hydrogen-bond donors (Lipinski definition) is 0. The number of ether oxygens (including phenoxy) is 3. The zero-order chi connectivity index (χ0) is 21.6. The largest absolute Gasteiger partial charge is 0.496 e. The quantitative estimate of drug-likeness (QED) is 0.377. The fourth-order valence-corrected chi connectivity index (χ4v) is 4.11. The summed E-state index contributed by atoms with van der Waals surface area (Å²) in [7, 11) is 1.49. The summed E-state index contributed by atoms with van der Waals surface area (Å²) < 4.78 is 15.5. The van der Waals surface area contributed by atoms with Crippen LogP contribution < -0.4 is 4.74 Å². The molecule has 1 fully saturated rings. The van der Waals surface area contributed by atoms with E-state index in [1.807, 2.05) is 0 Å². The molecule has 1 saturated heterocycles. The van der Waals surface area contributed by atoms with Crippen molar-refractivity contribution in [1.82, 2.24) is 4.90 Å². The zero-order valence-electron chi connectivity index (χ0n) is 17.9. The average Bonchev–Trinajstić information content (AvgIpc) is 2.71. The van der Waals surface area contributed by atoms with Gasteiger partial charge in [-0.15, -0.1) is 0 Å². The molecule has 0 spiro atoms. The monoisotopic (exact) mass is 421 g/mol. The highest BCUT2D eigenvalue weighted by molar-refractivity contribution is 6.76. The minimum absolute atomic E-state index is 0.136. The number of methoxy groups -OCH3 is 2. The van der Waals surface area contributed by atoms with E-state index in [0.29, 0.717) is 31.7 Å². The van der Waals surface area contributed by atoms with Crippen LogP contribution in [-0.4, -0.2) is 65.2 Å². The van der Waals surface area contributed by atoms with E-state index >= 15 is 0 Å². The van der Waals surface area contributed by atoms with Gasteiger partial charge in [-0.3, -0.25) is 4.79 Å². The standard InChI is InChI=1S/C21H31NO6Si/c1-26-18-13-16(12-17(14-23)19(18)20(24)27-2)15-6-8-22(9-7-15)21(25)28-10-11-29(3,4)5/h12-15H,6-11H2,1-5H3. The molecule has 0 radical (unpaired) electrons. The maximum absolute atomic E-state index is 12.3. The topological polar surface area (TPSA) is 82.1 Å². The van der Waals surface area contributed by atoms with Gasteiger partial charge in [0.2, 0.25) is 0 Å². The van der Waals surface area contributed by atoms with Gasteiger partial charge in [0.1, 0.15) is 11.3 Å². The van der Waals surface area contributed by atoms with Crippen molar-refractivity contribution in [3.8, 4) is 5.75 Å². The molecule has 0 saturated carbocycles. The summed E-state index contributed by atoms with van der Waals surface area (Å²) >= 11 is 0. The molecule has 8 heteroatoms. The fourth-order valence-electron chi connectivity index (χ4n) is 3.40. The van der Waals surface area contributed by atoms with Crippen LogP contribution >= 0.6 is 0 Å². The van der Waals surface area contributed by atoms with Gasteiger partial charge in [-0.25, -0.2) is 9.59 Å². The molecule has 0 unspecified atom stereocenters. The van der Waals surface area contributed by atoms with Gasteiger partial charge in [-0.05, 0) is 42.5 Å². The minimum Gasteiger partial charge on any atom is -0.496 e. The van der Waals surface area contributed by atoms with Crippen LogP contribution in [0.5, 0.6) is 5.75 Å². The maximum Gasteiger partial charge on any atom is 0.409 e. The first-order valence-electron chi connectivity index (χ1n) is 9.87. The lowest BCUT2D eigenvalue weighted by Crippen LogP contribution is -2.39. The van der Waals surface area contributed by atoms with Crippen LogP contribution in [0.15, 0.2) is 12.1 Å². The number of aldehydes is 1. The van der Waals surface area contributed by atoms with Crippen molar-refractivity contribution in [3.05, 3.63) is 28.8 Å². The summed E-state index contributed by atoms with van der Waals surface area (Å²) in [6, 6.07) is 4.45. The van der Waals surface area contributed by atoms with Crippen LogP contribution in [0.2, 0.25) is 25.7 Å². The number of piperidine rings is 1. The van der Waals surface area contributed by atoms with Gasteiger partial charge in [-0.1, -0.05) is 19.6 Å². The molecule has 1 aromatic carbocycles. The predicted octanol–water partition coefficient (Wildman–Crippen LogP) is 3.95. The summed E-state index contributed by atoms with van der Waals surface area (Å²) in [5.41, 5.74) is 1.31. The van der Waals surface area contributed by atoms with E-state index in [9.17, 15) is 14.4 Å². The Balaban J connectivity index is 2.04.